The van der Waals surface area contributed by atoms with E-state index >= 15 is 0 Å². The molecule has 0 aliphatic heterocycles. The second-order valence-corrected chi connectivity index (χ2v) is 6.66. The molecule has 4 rings (SSSR count). The number of hydrogen-bond donors (Lipinski definition) is 1. The van der Waals surface area contributed by atoms with Crippen molar-refractivity contribution in [2.24, 2.45) is 0 Å². The first-order valence-electron chi connectivity index (χ1n) is 7.53. The monoisotopic (exact) mass is 357 g/mol. The lowest BCUT2D eigenvalue weighted by atomic mass is 10.1. The van der Waals surface area contributed by atoms with Gasteiger partial charge in [-0.15, -0.1) is 0 Å². The summed E-state index contributed by atoms with van der Waals surface area (Å²) < 4.78 is 6.75. The molecule has 2 aliphatic carbocycles. The number of ketones is 1. The van der Waals surface area contributed by atoms with Crippen LogP contribution in [-0.2, 0) is 4.74 Å². The average molecular weight is 358 g/mol. The van der Waals surface area contributed by atoms with E-state index in [4.69, 9.17) is 4.74 Å². The van der Waals surface area contributed by atoms with E-state index in [2.05, 4.69) is 21.2 Å². The molecule has 2 aliphatic rings. The van der Waals surface area contributed by atoms with Gasteiger partial charge in [-0.3, -0.25) is 4.79 Å². The largest absolute Gasteiger partial charge is 0.357 e. The average Bonchev–Trinajstić information content (AvgIpc) is 3.22. The Kier molecular flexibility index (Phi) is 3.13. The normalized spacial score (nSPS) is 17.1. The van der Waals surface area contributed by atoms with Gasteiger partial charge < -0.3 is 10.1 Å². The van der Waals surface area contributed by atoms with Crippen molar-refractivity contribution in [1.82, 2.24) is 0 Å². The number of carbonyl (C=O) groups excluding carboxylic acids is 1. The molecule has 0 bridgehead atoms. The van der Waals surface area contributed by atoms with E-state index < -0.39 is 0 Å². The second kappa shape index (κ2) is 4.93. The number of anilines is 1. The van der Waals surface area contributed by atoms with Crippen LogP contribution in [0.4, 0.5) is 5.69 Å². The van der Waals surface area contributed by atoms with E-state index in [0.717, 1.165) is 45.3 Å². The molecule has 0 radical (unpaired) electrons. The number of nitrogens with one attached hydrogen (secondary N) is 1. The van der Waals surface area contributed by atoms with Crippen LogP contribution in [0.1, 0.15) is 35.7 Å². The fourth-order valence-electron chi connectivity index (χ4n) is 3.08. The van der Waals surface area contributed by atoms with Crippen LogP contribution in [0.2, 0.25) is 0 Å². The molecule has 0 unspecified atom stereocenters. The predicted molar refractivity (Wildman–Crippen MR) is 90.2 cm³/mol. The zero-order valence-corrected chi connectivity index (χ0v) is 13.9. The summed E-state index contributed by atoms with van der Waals surface area (Å²) in [6.07, 6.45) is 2.00. The summed E-state index contributed by atoms with van der Waals surface area (Å²) in [5, 5.41) is 3.45. The molecule has 0 atom stereocenters. The third kappa shape index (κ3) is 2.09. The second-order valence-electron chi connectivity index (χ2n) is 5.80. The van der Waals surface area contributed by atoms with Crippen molar-refractivity contribution in [3.05, 3.63) is 52.0 Å². The molecule has 0 heterocycles. The number of hydrogen-bond acceptors (Lipinski definition) is 3. The van der Waals surface area contributed by atoms with E-state index in [1.165, 1.54) is 0 Å². The van der Waals surface area contributed by atoms with Crippen LogP contribution in [0.5, 0.6) is 0 Å². The van der Waals surface area contributed by atoms with Crippen molar-refractivity contribution >= 4 is 27.4 Å². The highest BCUT2D eigenvalue weighted by Gasteiger charge is 2.44. The van der Waals surface area contributed by atoms with E-state index in [0.29, 0.717) is 6.61 Å². The van der Waals surface area contributed by atoms with Crippen molar-refractivity contribution in [1.29, 1.82) is 0 Å². The van der Waals surface area contributed by atoms with Gasteiger partial charge in [0.1, 0.15) is 5.72 Å². The van der Waals surface area contributed by atoms with Gasteiger partial charge in [0.25, 0.3) is 0 Å². The minimum absolute atomic E-state index is 0.0995. The lowest BCUT2D eigenvalue weighted by Gasteiger charge is -2.20. The minimum atomic E-state index is -0.250. The van der Waals surface area contributed by atoms with Crippen LogP contribution in [-0.4, -0.2) is 18.1 Å². The van der Waals surface area contributed by atoms with Crippen LogP contribution in [0.15, 0.2) is 40.9 Å². The van der Waals surface area contributed by atoms with Crippen LogP contribution in [0, 0.1) is 0 Å². The highest BCUT2D eigenvalue weighted by atomic mass is 79.9. The Balaban J connectivity index is 1.75. The van der Waals surface area contributed by atoms with Gasteiger partial charge >= 0.3 is 0 Å². The predicted octanol–water partition coefficient (Wildman–Crippen LogP) is 4.60. The molecule has 3 nitrogen and oxygen atoms in total. The van der Waals surface area contributed by atoms with Gasteiger partial charge in [-0.2, -0.15) is 0 Å². The first-order chi connectivity index (χ1) is 10.6. The maximum absolute atomic E-state index is 12.6. The molecule has 2 aromatic carbocycles. The van der Waals surface area contributed by atoms with Gasteiger partial charge in [0.15, 0.2) is 5.78 Å². The summed E-state index contributed by atoms with van der Waals surface area (Å²) in [7, 11) is 0. The molecular weight excluding hydrogens is 342 g/mol. The SMILES string of the molecule is CCOC1(Nc2cc3c(cc2Br)-c2ccccc2C3=O)CC1. The Morgan fingerprint density at radius 1 is 1.14 bits per heavy atom. The van der Waals surface area contributed by atoms with E-state index in [-0.39, 0.29) is 11.5 Å². The maximum atomic E-state index is 12.6. The third-order valence-electron chi connectivity index (χ3n) is 4.30. The first kappa shape index (κ1) is 14.0. The van der Waals surface area contributed by atoms with Crippen LogP contribution in [0.25, 0.3) is 11.1 Å². The molecule has 22 heavy (non-hydrogen) atoms. The standard InChI is InChI=1S/C18H16BrNO2/c1-2-22-18(7-8-18)20-16-10-14-13(9-15(16)19)11-5-3-4-6-12(11)17(14)21/h3-6,9-10,20H,2,7-8H2,1H3. The summed E-state index contributed by atoms with van der Waals surface area (Å²) in [5.74, 6) is 0.0995. The highest BCUT2D eigenvalue weighted by Crippen LogP contribution is 2.45. The molecule has 1 fully saturated rings. The fraction of sp³-hybridized carbons (Fsp3) is 0.278. The molecule has 1 N–H and O–H groups in total. The lowest BCUT2D eigenvalue weighted by Crippen LogP contribution is -2.25. The molecule has 4 heteroatoms. The quantitative estimate of drug-likeness (QED) is 0.693. The number of ether oxygens (including phenoxy) is 1. The zero-order chi connectivity index (χ0) is 15.3. The molecule has 0 saturated heterocycles. The van der Waals surface area contributed by atoms with Crippen LogP contribution in [0.3, 0.4) is 0 Å². The Bertz CT molecular complexity index is 781. The summed E-state index contributed by atoms with van der Waals surface area (Å²) in [6.45, 7) is 2.68. The molecular formula is C18H16BrNO2. The first-order valence-corrected chi connectivity index (χ1v) is 8.33. The Morgan fingerprint density at radius 3 is 2.55 bits per heavy atom. The van der Waals surface area contributed by atoms with Crippen molar-refractivity contribution in [3.63, 3.8) is 0 Å². The van der Waals surface area contributed by atoms with Gasteiger partial charge in [0.05, 0.1) is 5.69 Å². The van der Waals surface area contributed by atoms with Gasteiger partial charge in [-0.25, -0.2) is 0 Å². The van der Waals surface area contributed by atoms with E-state index in [9.17, 15) is 4.79 Å². The molecule has 0 aromatic heterocycles. The van der Waals surface area contributed by atoms with Gasteiger partial charge in [-0.1, -0.05) is 24.3 Å². The van der Waals surface area contributed by atoms with E-state index in [1.54, 1.807) is 0 Å². The van der Waals surface area contributed by atoms with Gasteiger partial charge in [0, 0.05) is 22.2 Å². The molecule has 0 amide bonds. The van der Waals surface area contributed by atoms with Crippen LogP contribution < -0.4 is 5.32 Å². The number of benzene rings is 2. The summed E-state index contributed by atoms with van der Waals surface area (Å²) in [6, 6.07) is 11.7. The Labute approximate surface area is 137 Å². The number of rotatable bonds is 4. The van der Waals surface area contributed by atoms with Gasteiger partial charge in [0.2, 0.25) is 0 Å². The Morgan fingerprint density at radius 2 is 1.86 bits per heavy atom. The maximum Gasteiger partial charge on any atom is 0.194 e. The summed E-state index contributed by atoms with van der Waals surface area (Å²) in [4.78, 5) is 12.6. The fourth-order valence-corrected chi connectivity index (χ4v) is 3.52. The minimum Gasteiger partial charge on any atom is -0.357 e. The van der Waals surface area contributed by atoms with Crippen molar-refractivity contribution in [3.8, 4) is 11.1 Å². The summed E-state index contributed by atoms with van der Waals surface area (Å²) >= 11 is 3.62. The molecule has 0 spiro atoms. The van der Waals surface area contributed by atoms with Crippen molar-refractivity contribution < 1.29 is 9.53 Å². The number of fused-ring (bicyclic) bond motifs is 3. The van der Waals surface area contributed by atoms with Gasteiger partial charge in [-0.05, 0) is 59.0 Å². The number of carbonyl (C=O) groups is 1. The molecule has 2 aromatic rings. The van der Waals surface area contributed by atoms with E-state index in [1.807, 2.05) is 43.3 Å². The van der Waals surface area contributed by atoms with Crippen molar-refractivity contribution in [2.75, 3.05) is 11.9 Å². The van der Waals surface area contributed by atoms with Crippen LogP contribution >= 0.6 is 15.9 Å². The lowest BCUT2D eigenvalue weighted by molar-refractivity contribution is 0.0631. The molecule has 1 saturated carbocycles. The summed E-state index contributed by atoms with van der Waals surface area (Å²) in [5.41, 5.74) is 4.23. The Hall–Kier alpha value is -1.65. The zero-order valence-electron chi connectivity index (χ0n) is 12.3. The molecule has 112 valence electrons. The smallest absolute Gasteiger partial charge is 0.194 e. The highest BCUT2D eigenvalue weighted by molar-refractivity contribution is 9.10. The van der Waals surface area contributed by atoms with Crippen molar-refractivity contribution in [2.45, 2.75) is 25.5 Å². The number of halogens is 1. The topological polar surface area (TPSA) is 38.3 Å². The third-order valence-corrected chi connectivity index (χ3v) is 4.96.